The summed E-state index contributed by atoms with van der Waals surface area (Å²) < 4.78 is 5.49. The summed E-state index contributed by atoms with van der Waals surface area (Å²) in [5.41, 5.74) is 1.19. The van der Waals surface area contributed by atoms with E-state index in [1.807, 2.05) is 25.1 Å². The molecule has 4 heteroatoms. The van der Waals surface area contributed by atoms with Crippen LogP contribution < -0.4 is 15.4 Å². The van der Waals surface area contributed by atoms with E-state index in [2.05, 4.69) is 16.7 Å². The van der Waals surface area contributed by atoms with Crippen LogP contribution in [0.15, 0.2) is 24.3 Å². The lowest BCUT2D eigenvalue weighted by molar-refractivity contribution is -0.123. The molecule has 0 aliphatic heterocycles. The van der Waals surface area contributed by atoms with E-state index in [-0.39, 0.29) is 12.5 Å². The minimum atomic E-state index is -0.0663. The zero-order valence-corrected chi connectivity index (χ0v) is 11.4. The van der Waals surface area contributed by atoms with E-state index in [9.17, 15) is 4.79 Å². The fourth-order valence-electron chi connectivity index (χ4n) is 1.76. The van der Waals surface area contributed by atoms with Gasteiger partial charge in [-0.1, -0.05) is 19.1 Å². The second kappa shape index (κ2) is 7.14. The van der Waals surface area contributed by atoms with Crippen molar-refractivity contribution in [2.45, 2.75) is 38.8 Å². The molecule has 0 saturated heterocycles. The van der Waals surface area contributed by atoms with E-state index < -0.39 is 0 Å². The normalized spacial score (nSPS) is 14.2. The first-order valence-electron chi connectivity index (χ1n) is 6.99. The van der Waals surface area contributed by atoms with Crippen LogP contribution in [0.3, 0.4) is 0 Å². The van der Waals surface area contributed by atoms with E-state index in [0.717, 1.165) is 18.7 Å². The van der Waals surface area contributed by atoms with Crippen molar-refractivity contribution in [3.63, 3.8) is 0 Å². The summed E-state index contributed by atoms with van der Waals surface area (Å²) in [6, 6.07) is 8.60. The van der Waals surface area contributed by atoms with Crippen molar-refractivity contribution < 1.29 is 9.53 Å². The van der Waals surface area contributed by atoms with Gasteiger partial charge < -0.3 is 15.4 Å². The van der Waals surface area contributed by atoms with Gasteiger partial charge in [0.2, 0.25) is 0 Å². The summed E-state index contributed by atoms with van der Waals surface area (Å²) >= 11 is 0. The van der Waals surface area contributed by atoms with Gasteiger partial charge in [-0.3, -0.25) is 4.79 Å². The molecule has 19 heavy (non-hydrogen) atoms. The molecule has 0 atom stereocenters. The van der Waals surface area contributed by atoms with Gasteiger partial charge in [0.25, 0.3) is 5.91 Å². The van der Waals surface area contributed by atoms with E-state index in [0.29, 0.717) is 12.6 Å². The standard InChI is InChI=1S/C15H22N2O2/c1-2-8-16-15(18)11-19-14-5-3-4-12(9-14)10-17-13-6-7-13/h3-5,9,13,17H,2,6-8,10-11H2,1H3,(H,16,18). The molecule has 1 amide bonds. The second-order valence-corrected chi connectivity index (χ2v) is 4.94. The molecular formula is C15H22N2O2. The summed E-state index contributed by atoms with van der Waals surface area (Å²) in [6.07, 6.45) is 3.51. The molecule has 0 unspecified atom stereocenters. The monoisotopic (exact) mass is 262 g/mol. The first-order chi connectivity index (χ1) is 9.28. The van der Waals surface area contributed by atoms with E-state index in [1.165, 1.54) is 18.4 Å². The average Bonchev–Trinajstić information content (AvgIpc) is 3.25. The van der Waals surface area contributed by atoms with Gasteiger partial charge in [-0.25, -0.2) is 0 Å². The molecule has 0 heterocycles. The topological polar surface area (TPSA) is 50.4 Å². The summed E-state index contributed by atoms with van der Waals surface area (Å²) in [7, 11) is 0. The Bertz CT molecular complexity index is 416. The first-order valence-corrected chi connectivity index (χ1v) is 6.99. The molecule has 2 rings (SSSR count). The summed E-state index contributed by atoms with van der Waals surface area (Å²) in [6.45, 7) is 3.68. The molecule has 0 radical (unpaired) electrons. The number of ether oxygens (including phenoxy) is 1. The smallest absolute Gasteiger partial charge is 0.257 e. The highest BCUT2D eigenvalue weighted by molar-refractivity contribution is 5.77. The third kappa shape index (κ3) is 5.30. The maximum atomic E-state index is 11.4. The highest BCUT2D eigenvalue weighted by Gasteiger charge is 2.19. The second-order valence-electron chi connectivity index (χ2n) is 4.94. The lowest BCUT2D eigenvalue weighted by Gasteiger charge is -2.09. The van der Waals surface area contributed by atoms with Gasteiger partial charge in [-0.2, -0.15) is 0 Å². The molecule has 2 N–H and O–H groups in total. The van der Waals surface area contributed by atoms with Crippen molar-refractivity contribution in [1.82, 2.24) is 10.6 Å². The number of benzene rings is 1. The van der Waals surface area contributed by atoms with Crippen molar-refractivity contribution in [1.29, 1.82) is 0 Å². The van der Waals surface area contributed by atoms with Gasteiger partial charge >= 0.3 is 0 Å². The average molecular weight is 262 g/mol. The van der Waals surface area contributed by atoms with Crippen molar-refractivity contribution in [2.24, 2.45) is 0 Å². The third-order valence-electron chi connectivity index (χ3n) is 3.01. The number of hydrogen-bond donors (Lipinski definition) is 2. The SMILES string of the molecule is CCCNC(=O)COc1cccc(CNC2CC2)c1. The van der Waals surface area contributed by atoms with Gasteiger partial charge in [0.1, 0.15) is 5.75 Å². The van der Waals surface area contributed by atoms with E-state index in [1.54, 1.807) is 0 Å². The number of rotatable bonds is 8. The molecule has 0 spiro atoms. The number of carbonyl (C=O) groups excluding carboxylic acids is 1. The van der Waals surface area contributed by atoms with Crippen LogP contribution >= 0.6 is 0 Å². The molecule has 1 saturated carbocycles. The number of carbonyl (C=O) groups is 1. The quantitative estimate of drug-likeness (QED) is 0.751. The van der Waals surface area contributed by atoms with Gasteiger partial charge in [0.05, 0.1) is 0 Å². The lowest BCUT2D eigenvalue weighted by atomic mass is 10.2. The highest BCUT2D eigenvalue weighted by Crippen LogP contribution is 2.20. The van der Waals surface area contributed by atoms with E-state index >= 15 is 0 Å². The molecule has 4 nitrogen and oxygen atoms in total. The Morgan fingerprint density at radius 3 is 3.00 bits per heavy atom. The van der Waals surface area contributed by atoms with Gasteiger partial charge in [-0.05, 0) is 37.0 Å². The Balaban J connectivity index is 1.75. The summed E-state index contributed by atoms with van der Waals surface area (Å²) in [4.78, 5) is 11.4. The molecule has 1 aromatic rings. The summed E-state index contributed by atoms with van der Waals surface area (Å²) in [5, 5.41) is 6.25. The Kier molecular flexibility index (Phi) is 5.21. The number of nitrogens with one attached hydrogen (secondary N) is 2. The van der Waals surface area contributed by atoms with Crippen LogP contribution in [0.1, 0.15) is 31.7 Å². The maximum absolute atomic E-state index is 11.4. The molecule has 1 aliphatic carbocycles. The lowest BCUT2D eigenvalue weighted by Crippen LogP contribution is -2.29. The van der Waals surface area contributed by atoms with Gasteiger partial charge in [0, 0.05) is 19.1 Å². The fraction of sp³-hybridized carbons (Fsp3) is 0.533. The Hall–Kier alpha value is -1.55. The van der Waals surface area contributed by atoms with Crippen molar-refractivity contribution in [3.05, 3.63) is 29.8 Å². The van der Waals surface area contributed by atoms with Crippen LogP contribution in [0.4, 0.5) is 0 Å². The molecule has 104 valence electrons. The fourth-order valence-corrected chi connectivity index (χ4v) is 1.76. The zero-order chi connectivity index (χ0) is 13.5. The highest BCUT2D eigenvalue weighted by atomic mass is 16.5. The van der Waals surface area contributed by atoms with Crippen molar-refractivity contribution >= 4 is 5.91 Å². The van der Waals surface area contributed by atoms with Crippen LogP contribution in [-0.2, 0) is 11.3 Å². The van der Waals surface area contributed by atoms with Crippen LogP contribution in [-0.4, -0.2) is 25.1 Å². The third-order valence-corrected chi connectivity index (χ3v) is 3.01. The minimum absolute atomic E-state index is 0.0663. The molecule has 1 aliphatic rings. The predicted molar refractivity (Wildman–Crippen MR) is 75.1 cm³/mol. The molecule has 0 aromatic heterocycles. The summed E-state index contributed by atoms with van der Waals surface area (Å²) in [5.74, 6) is 0.685. The zero-order valence-electron chi connectivity index (χ0n) is 11.4. The van der Waals surface area contributed by atoms with Crippen molar-refractivity contribution in [3.8, 4) is 5.75 Å². The first kappa shape index (κ1) is 13.9. The number of hydrogen-bond acceptors (Lipinski definition) is 3. The molecular weight excluding hydrogens is 240 g/mol. The van der Waals surface area contributed by atoms with Crippen molar-refractivity contribution in [2.75, 3.05) is 13.2 Å². The Morgan fingerprint density at radius 1 is 1.42 bits per heavy atom. The predicted octanol–water partition coefficient (Wildman–Crippen LogP) is 1.84. The number of amides is 1. The molecule has 1 fully saturated rings. The van der Waals surface area contributed by atoms with Crippen LogP contribution in [0.5, 0.6) is 5.75 Å². The van der Waals surface area contributed by atoms with Crippen LogP contribution in [0.2, 0.25) is 0 Å². The molecule has 1 aromatic carbocycles. The minimum Gasteiger partial charge on any atom is -0.484 e. The Labute approximate surface area is 114 Å². The van der Waals surface area contributed by atoms with E-state index in [4.69, 9.17) is 4.74 Å². The van der Waals surface area contributed by atoms with Crippen LogP contribution in [0.25, 0.3) is 0 Å². The van der Waals surface area contributed by atoms with Gasteiger partial charge in [-0.15, -0.1) is 0 Å². The van der Waals surface area contributed by atoms with Gasteiger partial charge in [0.15, 0.2) is 6.61 Å². The Morgan fingerprint density at radius 2 is 2.26 bits per heavy atom. The van der Waals surface area contributed by atoms with Crippen LogP contribution in [0, 0.1) is 0 Å². The molecule has 0 bridgehead atoms. The largest absolute Gasteiger partial charge is 0.484 e. The maximum Gasteiger partial charge on any atom is 0.257 e.